The molecule has 0 bridgehead atoms. The Bertz CT molecular complexity index is 1460. The summed E-state index contributed by atoms with van der Waals surface area (Å²) in [5, 5.41) is 0. The van der Waals surface area contributed by atoms with Crippen molar-refractivity contribution in [2.24, 2.45) is 10.9 Å². The maximum Gasteiger partial charge on any atom is 0.254 e. The molecule has 0 spiro atoms. The van der Waals surface area contributed by atoms with Crippen LogP contribution in [-0.2, 0) is 0 Å². The molecule has 6 rings (SSSR count). The number of fused-ring (bicyclic) bond motifs is 1. The second-order valence-electron chi connectivity index (χ2n) is 12.4. The zero-order valence-electron chi connectivity index (χ0n) is 23.8. The molecule has 1 amide bonds. The fourth-order valence-corrected chi connectivity index (χ4v) is 6.88. The first-order valence-corrected chi connectivity index (χ1v) is 14.6. The number of nitrogens with zero attached hydrogens (tertiary/aromatic N) is 2. The third kappa shape index (κ3) is 4.83. The molecule has 0 saturated heterocycles. The molecule has 4 heteroatoms. The van der Waals surface area contributed by atoms with E-state index in [0.717, 1.165) is 58.5 Å². The highest BCUT2D eigenvalue weighted by molar-refractivity contribution is 6.01. The summed E-state index contributed by atoms with van der Waals surface area (Å²) in [6.07, 6.45) is 5.47. The van der Waals surface area contributed by atoms with Gasteiger partial charge in [-0.05, 0) is 127 Å². The number of hydrogen-bond donors (Lipinski definition) is 0. The Morgan fingerprint density at radius 2 is 1.64 bits per heavy atom. The molecule has 1 aliphatic heterocycles. The number of hydrogen-bond acceptors (Lipinski definition) is 2. The van der Waals surface area contributed by atoms with E-state index in [0.29, 0.717) is 17.8 Å². The van der Waals surface area contributed by atoms with E-state index in [2.05, 4.69) is 32.9 Å². The van der Waals surface area contributed by atoms with E-state index in [1.165, 1.54) is 24.0 Å². The molecule has 3 nitrogen and oxygen atoms in total. The molecular formula is C35H39FN2O. The second kappa shape index (κ2) is 10.0. The molecule has 202 valence electrons. The lowest BCUT2D eigenvalue weighted by Crippen LogP contribution is -2.40. The van der Waals surface area contributed by atoms with Gasteiger partial charge in [-0.15, -0.1) is 0 Å². The van der Waals surface area contributed by atoms with Gasteiger partial charge < -0.3 is 4.90 Å². The van der Waals surface area contributed by atoms with Crippen LogP contribution in [0.1, 0.15) is 103 Å². The summed E-state index contributed by atoms with van der Waals surface area (Å²) < 4.78 is 14.9. The lowest BCUT2D eigenvalue weighted by Gasteiger charge is -2.33. The predicted octanol–water partition coefficient (Wildman–Crippen LogP) is 8.93. The smallest absolute Gasteiger partial charge is 0.254 e. The molecule has 1 unspecified atom stereocenters. The van der Waals surface area contributed by atoms with Crippen molar-refractivity contribution in [3.63, 3.8) is 0 Å². The molecule has 3 aromatic carbocycles. The average molecular weight is 523 g/mol. The molecule has 0 radical (unpaired) electrons. The van der Waals surface area contributed by atoms with Crippen LogP contribution in [0.4, 0.5) is 10.1 Å². The summed E-state index contributed by atoms with van der Waals surface area (Å²) in [5.41, 5.74) is 9.10. The van der Waals surface area contributed by atoms with Gasteiger partial charge >= 0.3 is 0 Å². The minimum absolute atomic E-state index is 0.0677. The van der Waals surface area contributed by atoms with Gasteiger partial charge in [-0.1, -0.05) is 44.2 Å². The average Bonchev–Trinajstić information content (AvgIpc) is 3.75. The lowest BCUT2D eigenvalue weighted by atomic mass is 9.72. The minimum Gasteiger partial charge on any atom is -0.333 e. The topological polar surface area (TPSA) is 32.7 Å². The molecule has 2 saturated carbocycles. The molecule has 0 aromatic heterocycles. The van der Waals surface area contributed by atoms with E-state index in [9.17, 15) is 9.18 Å². The standard InChI is InChI=1S/C35H39FN2O/c1-20-15-27(16-20)28-13-11-26(19-31(28)36)25-12-14-32(21(2)17-25)37-23(4)33-18-22(3)34-29(24-9-10-24)7-6-8-30(34)35(39)38(33)5/h6-8,11-14,17,19-20,22,24,27,33H,9-10,15-16,18H2,1-5H3/t20?,22-,27?,33?/m1/s1. The van der Waals surface area contributed by atoms with Crippen molar-refractivity contribution in [3.8, 4) is 11.1 Å². The molecule has 2 atom stereocenters. The van der Waals surface area contributed by atoms with Crippen LogP contribution in [0.5, 0.6) is 0 Å². The normalized spacial score (nSPS) is 25.2. The van der Waals surface area contributed by atoms with E-state index in [-0.39, 0.29) is 23.7 Å². The number of rotatable bonds is 5. The maximum absolute atomic E-state index is 14.9. The highest BCUT2D eigenvalue weighted by Crippen LogP contribution is 2.46. The highest BCUT2D eigenvalue weighted by Gasteiger charge is 2.36. The van der Waals surface area contributed by atoms with Gasteiger partial charge in [0.15, 0.2) is 0 Å². The third-order valence-electron chi connectivity index (χ3n) is 9.37. The van der Waals surface area contributed by atoms with E-state index < -0.39 is 0 Å². The van der Waals surface area contributed by atoms with Crippen LogP contribution in [0.3, 0.4) is 0 Å². The van der Waals surface area contributed by atoms with Crippen LogP contribution in [0.2, 0.25) is 0 Å². The van der Waals surface area contributed by atoms with Crippen LogP contribution >= 0.6 is 0 Å². The summed E-state index contributed by atoms with van der Waals surface area (Å²) in [6, 6.07) is 18.0. The third-order valence-corrected chi connectivity index (χ3v) is 9.37. The van der Waals surface area contributed by atoms with Crippen molar-refractivity contribution in [2.75, 3.05) is 7.05 Å². The SMILES string of the molecule is CC(=Nc1ccc(-c2ccc(C3CC(C)C3)c(F)c2)cc1C)C1C[C@@H](C)c2c(cccc2C2CC2)C(=O)N1C. The molecule has 39 heavy (non-hydrogen) atoms. The Hall–Kier alpha value is -3.27. The van der Waals surface area contributed by atoms with Crippen LogP contribution < -0.4 is 0 Å². The number of halogens is 1. The largest absolute Gasteiger partial charge is 0.333 e. The molecular weight excluding hydrogens is 483 g/mol. The van der Waals surface area contributed by atoms with Gasteiger partial charge in [0.25, 0.3) is 5.91 Å². The van der Waals surface area contributed by atoms with E-state index in [4.69, 9.17) is 4.99 Å². The summed E-state index contributed by atoms with van der Waals surface area (Å²) in [5.74, 6) is 1.94. The number of carbonyl (C=O) groups excluding carboxylic acids is 1. The van der Waals surface area contributed by atoms with Gasteiger partial charge in [0, 0.05) is 18.3 Å². The minimum atomic E-state index is -0.0963. The Morgan fingerprint density at radius 3 is 2.31 bits per heavy atom. The number of aliphatic imine (C=N–C) groups is 1. The molecule has 0 N–H and O–H groups in total. The molecule has 1 heterocycles. The molecule has 2 fully saturated rings. The quantitative estimate of drug-likeness (QED) is 0.308. The summed E-state index contributed by atoms with van der Waals surface area (Å²) in [7, 11) is 1.91. The maximum atomic E-state index is 14.9. The van der Waals surface area contributed by atoms with Gasteiger partial charge in [0.2, 0.25) is 0 Å². The predicted molar refractivity (Wildman–Crippen MR) is 158 cm³/mol. The Balaban J connectivity index is 1.25. The number of aryl methyl sites for hydroxylation is 1. The molecule has 2 aliphatic carbocycles. The van der Waals surface area contributed by atoms with Crippen molar-refractivity contribution >= 4 is 17.3 Å². The zero-order chi connectivity index (χ0) is 27.4. The molecule has 3 aliphatic rings. The monoisotopic (exact) mass is 522 g/mol. The van der Waals surface area contributed by atoms with Gasteiger partial charge in [-0.25, -0.2) is 4.39 Å². The number of carbonyl (C=O) groups is 1. The Labute approximate surface area is 232 Å². The number of amides is 1. The first-order valence-electron chi connectivity index (χ1n) is 14.6. The van der Waals surface area contributed by atoms with Crippen LogP contribution in [-0.4, -0.2) is 29.6 Å². The van der Waals surface area contributed by atoms with Crippen molar-refractivity contribution < 1.29 is 9.18 Å². The van der Waals surface area contributed by atoms with Gasteiger partial charge in [-0.2, -0.15) is 0 Å². The highest BCUT2D eigenvalue weighted by atomic mass is 19.1. The van der Waals surface area contributed by atoms with E-state index in [1.807, 2.05) is 55.3 Å². The number of benzene rings is 3. The fraction of sp³-hybridized carbons (Fsp3) is 0.429. The molecule has 3 aromatic rings. The summed E-state index contributed by atoms with van der Waals surface area (Å²) >= 11 is 0. The zero-order valence-corrected chi connectivity index (χ0v) is 23.8. The summed E-state index contributed by atoms with van der Waals surface area (Å²) in [6.45, 7) is 8.58. The second-order valence-corrected chi connectivity index (χ2v) is 12.4. The van der Waals surface area contributed by atoms with Gasteiger partial charge in [0.1, 0.15) is 5.82 Å². The van der Waals surface area contributed by atoms with Crippen LogP contribution in [0, 0.1) is 18.7 Å². The van der Waals surface area contributed by atoms with Crippen molar-refractivity contribution in [1.29, 1.82) is 0 Å². The first kappa shape index (κ1) is 26.0. The van der Waals surface area contributed by atoms with E-state index in [1.54, 1.807) is 6.07 Å². The summed E-state index contributed by atoms with van der Waals surface area (Å²) in [4.78, 5) is 20.5. The first-order chi connectivity index (χ1) is 18.7. The fourth-order valence-electron chi connectivity index (χ4n) is 6.88. The van der Waals surface area contributed by atoms with Crippen molar-refractivity contribution in [2.45, 2.75) is 83.6 Å². The van der Waals surface area contributed by atoms with Gasteiger partial charge in [0.05, 0.1) is 11.7 Å². The Morgan fingerprint density at radius 1 is 0.923 bits per heavy atom. The Kier molecular flexibility index (Phi) is 6.69. The van der Waals surface area contributed by atoms with Crippen LogP contribution in [0.25, 0.3) is 11.1 Å². The van der Waals surface area contributed by atoms with Crippen molar-refractivity contribution in [3.05, 3.63) is 88.2 Å². The van der Waals surface area contributed by atoms with Crippen molar-refractivity contribution in [1.82, 2.24) is 4.90 Å². The van der Waals surface area contributed by atoms with Gasteiger partial charge in [-0.3, -0.25) is 9.79 Å². The van der Waals surface area contributed by atoms with E-state index >= 15 is 0 Å². The van der Waals surface area contributed by atoms with Crippen LogP contribution in [0.15, 0.2) is 59.6 Å². The lowest BCUT2D eigenvalue weighted by molar-refractivity contribution is 0.0772.